The second-order valence-electron chi connectivity index (χ2n) is 1.71. The highest BCUT2D eigenvalue weighted by Crippen LogP contribution is 2.07. The van der Waals surface area contributed by atoms with E-state index in [1.807, 2.05) is 0 Å². The van der Waals surface area contributed by atoms with E-state index < -0.39 is 0 Å². The summed E-state index contributed by atoms with van der Waals surface area (Å²) in [5.41, 5.74) is 0.645. The first-order valence-electron chi connectivity index (χ1n) is 2.39. The Balaban J connectivity index is 4.23. The quantitative estimate of drug-likeness (QED) is 0.500. The van der Waals surface area contributed by atoms with E-state index in [0.717, 1.165) is 0 Å². The van der Waals surface area contributed by atoms with E-state index >= 15 is 0 Å². The first-order chi connectivity index (χ1) is 3.55. The van der Waals surface area contributed by atoms with E-state index in [1.54, 1.807) is 13.8 Å². The van der Waals surface area contributed by atoms with Gasteiger partial charge in [-0.05, 0) is 20.8 Å². The van der Waals surface area contributed by atoms with E-state index in [4.69, 9.17) is 11.6 Å². The van der Waals surface area contributed by atoms with Crippen LogP contribution < -0.4 is 0 Å². The van der Waals surface area contributed by atoms with Gasteiger partial charge in [-0.3, -0.25) is 4.79 Å². The zero-order valence-corrected chi connectivity index (χ0v) is 6.04. The normalized spacial score (nSPS) is 13.0. The van der Waals surface area contributed by atoms with E-state index in [-0.39, 0.29) is 5.78 Å². The molecule has 0 amide bonds. The third kappa shape index (κ3) is 2.12. The van der Waals surface area contributed by atoms with Crippen molar-refractivity contribution in [3.8, 4) is 0 Å². The number of ketones is 1. The maximum atomic E-state index is 10.4. The second kappa shape index (κ2) is 2.88. The van der Waals surface area contributed by atoms with Gasteiger partial charge in [-0.2, -0.15) is 0 Å². The van der Waals surface area contributed by atoms with Crippen LogP contribution in [0, 0.1) is 0 Å². The zero-order valence-electron chi connectivity index (χ0n) is 5.29. The molecule has 0 bridgehead atoms. The molecular weight excluding hydrogens is 124 g/mol. The van der Waals surface area contributed by atoms with Crippen LogP contribution in [0.1, 0.15) is 20.8 Å². The molecule has 0 spiro atoms. The van der Waals surface area contributed by atoms with Crippen molar-refractivity contribution in [2.45, 2.75) is 20.8 Å². The van der Waals surface area contributed by atoms with Gasteiger partial charge in [0, 0.05) is 10.6 Å². The molecule has 0 saturated carbocycles. The molecule has 0 aliphatic rings. The average Bonchev–Trinajstić information content (AvgIpc) is 1.64. The zero-order chi connectivity index (χ0) is 6.73. The number of carbonyl (C=O) groups excluding carboxylic acids is 1. The van der Waals surface area contributed by atoms with Crippen LogP contribution in [0.15, 0.2) is 10.6 Å². The van der Waals surface area contributed by atoms with Crippen LogP contribution in [0.4, 0.5) is 0 Å². The lowest BCUT2D eigenvalue weighted by Crippen LogP contribution is -1.91. The lowest BCUT2D eigenvalue weighted by Gasteiger charge is -1.91. The molecule has 0 rings (SSSR count). The number of halogens is 1. The van der Waals surface area contributed by atoms with Crippen LogP contribution >= 0.6 is 11.6 Å². The number of carbonyl (C=O) groups is 1. The highest BCUT2D eigenvalue weighted by Gasteiger charge is 1.97. The minimum Gasteiger partial charge on any atom is -0.295 e. The molecule has 0 aromatic heterocycles. The summed E-state index contributed by atoms with van der Waals surface area (Å²) in [7, 11) is 0. The van der Waals surface area contributed by atoms with Crippen molar-refractivity contribution in [1.82, 2.24) is 0 Å². The Kier molecular flexibility index (Phi) is 2.77. The third-order valence-corrected chi connectivity index (χ3v) is 1.33. The molecule has 0 aliphatic heterocycles. The maximum absolute atomic E-state index is 10.4. The molecule has 1 nitrogen and oxygen atoms in total. The molecular formula is C6H9ClO. The highest BCUT2D eigenvalue weighted by molar-refractivity contribution is 6.31. The van der Waals surface area contributed by atoms with Gasteiger partial charge in [0.2, 0.25) is 0 Å². The predicted molar refractivity (Wildman–Crippen MR) is 34.9 cm³/mol. The monoisotopic (exact) mass is 132 g/mol. The van der Waals surface area contributed by atoms with E-state index in [1.165, 1.54) is 6.92 Å². The lowest BCUT2D eigenvalue weighted by molar-refractivity contribution is -0.113. The summed E-state index contributed by atoms with van der Waals surface area (Å²) >= 11 is 5.48. The molecule has 46 valence electrons. The van der Waals surface area contributed by atoms with Crippen LogP contribution in [-0.2, 0) is 4.79 Å². The number of allylic oxidation sites excluding steroid dienone is 2. The molecule has 0 aromatic carbocycles. The van der Waals surface area contributed by atoms with Crippen LogP contribution in [0.3, 0.4) is 0 Å². The van der Waals surface area contributed by atoms with Gasteiger partial charge in [0.1, 0.15) is 0 Å². The van der Waals surface area contributed by atoms with Gasteiger partial charge >= 0.3 is 0 Å². The summed E-state index contributed by atoms with van der Waals surface area (Å²) in [6.07, 6.45) is 0. The van der Waals surface area contributed by atoms with Gasteiger partial charge in [-0.25, -0.2) is 0 Å². The maximum Gasteiger partial charge on any atom is 0.156 e. The van der Waals surface area contributed by atoms with Gasteiger partial charge in [0.25, 0.3) is 0 Å². The van der Waals surface area contributed by atoms with Crippen molar-refractivity contribution in [2.24, 2.45) is 0 Å². The smallest absolute Gasteiger partial charge is 0.156 e. The number of rotatable bonds is 1. The third-order valence-electron chi connectivity index (χ3n) is 1.04. The van der Waals surface area contributed by atoms with Crippen molar-refractivity contribution in [1.29, 1.82) is 0 Å². The largest absolute Gasteiger partial charge is 0.295 e. The Morgan fingerprint density at radius 1 is 1.25 bits per heavy atom. The number of Topliss-reactive ketones (excluding diaryl/α,β-unsaturated/α-hetero) is 1. The van der Waals surface area contributed by atoms with Crippen LogP contribution in [0.2, 0.25) is 0 Å². The Morgan fingerprint density at radius 3 is 1.62 bits per heavy atom. The minimum absolute atomic E-state index is 0.0394. The van der Waals surface area contributed by atoms with Gasteiger partial charge in [0.15, 0.2) is 5.78 Å². The van der Waals surface area contributed by atoms with E-state index in [9.17, 15) is 4.79 Å². The summed E-state index contributed by atoms with van der Waals surface area (Å²) in [5.74, 6) is 0.0394. The Hall–Kier alpha value is -0.300. The minimum atomic E-state index is 0.0394. The SMILES string of the molecule is CC(=O)C(C)=C(C)Cl. The Bertz CT molecular complexity index is 131. The van der Waals surface area contributed by atoms with Crippen molar-refractivity contribution < 1.29 is 4.79 Å². The molecule has 0 saturated heterocycles. The van der Waals surface area contributed by atoms with Crippen molar-refractivity contribution in [2.75, 3.05) is 0 Å². The summed E-state index contributed by atoms with van der Waals surface area (Å²) in [6.45, 7) is 4.92. The molecule has 0 fully saturated rings. The standard InChI is InChI=1S/C6H9ClO/c1-4(5(2)7)6(3)8/h1-3H3. The molecule has 0 aliphatic carbocycles. The summed E-state index contributed by atoms with van der Waals surface area (Å²) in [4.78, 5) is 10.4. The number of hydrogen-bond donors (Lipinski definition) is 0. The summed E-state index contributed by atoms with van der Waals surface area (Å²) < 4.78 is 0. The van der Waals surface area contributed by atoms with Gasteiger partial charge < -0.3 is 0 Å². The van der Waals surface area contributed by atoms with Crippen LogP contribution in [0.25, 0.3) is 0 Å². The fourth-order valence-corrected chi connectivity index (χ4v) is 0.376. The van der Waals surface area contributed by atoms with Crippen LogP contribution in [0.5, 0.6) is 0 Å². The van der Waals surface area contributed by atoms with Gasteiger partial charge in [-0.15, -0.1) is 0 Å². The molecule has 0 heterocycles. The summed E-state index contributed by atoms with van der Waals surface area (Å²) in [5, 5.41) is 0.581. The topological polar surface area (TPSA) is 17.1 Å². The molecule has 8 heavy (non-hydrogen) atoms. The molecule has 0 aromatic rings. The van der Waals surface area contributed by atoms with Crippen molar-refractivity contribution in [3.05, 3.63) is 10.6 Å². The van der Waals surface area contributed by atoms with Crippen molar-refractivity contribution in [3.63, 3.8) is 0 Å². The fraction of sp³-hybridized carbons (Fsp3) is 0.500. The molecule has 2 heteroatoms. The van der Waals surface area contributed by atoms with E-state index in [0.29, 0.717) is 10.6 Å². The fourth-order valence-electron chi connectivity index (χ4n) is 0.243. The molecule has 0 atom stereocenters. The van der Waals surface area contributed by atoms with Crippen molar-refractivity contribution >= 4 is 17.4 Å². The molecule has 0 radical (unpaired) electrons. The predicted octanol–water partition coefficient (Wildman–Crippen LogP) is 2.11. The Labute approximate surface area is 54.3 Å². The first kappa shape index (κ1) is 7.70. The first-order valence-corrected chi connectivity index (χ1v) is 2.77. The van der Waals surface area contributed by atoms with Gasteiger partial charge in [-0.1, -0.05) is 11.6 Å². The van der Waals surface area contributed by atoms with Gasteiger partial charge in [0.05, 0.1) is 0 Å². The number of hydrogen-bond acceptors (Lipinski definition) is 1. The molecule has 0 unspecified atom stereocenters. The molecule has 0 N–H and O–H groups in total. The second-order valence-corrected chi connectivity index (χ2v) is 2.28. The highest BCUT2D eigenvalue weighted by atomic mass is 35.5. The Morgan fingerprint density at radius 2 is 1.62 bits per heavy atom. The lowest BCUT2D eigenvalue weighted by atomic mass is 10.2. The van der Waals surface area contributed by atoms with Crippen LogP contribution in [-0.4, -0.2) is 5.78 Å². The van der Waals surface area contributed by atoms with E-state index in [2.05, 4.69) is 0 Å². The average molecular weight is 133 g/mol. The summed E-state index contributed by atoms with van der Waals surface area (Å²) in [6, 6.07) is 0.